The molecule has 2 spiro atoms. The molecular weight excluding hydrogens is 1540 g/mol. The molecule has 0 saturated heterocycles. The van der Waals surface area contributed by atoms with Crippen LogP contribution < -0.4 is 0 Å². The van der Waals surface area contributed by atoms with E-state index in [1.54, 1.807) is 0 Å². The van der Waals surface area contributed by atoms with Crippen molar-refractivity contribution in [3.05, 3.63) is 469 Å². The van der Waals surface area contributed by atoms with Gasteiger partial charge in [-0.3, -0.25) is 0 Å². The van der Waals surface area contributed by atoms with Gasteiger partial charge in [0, 0.05) is 90.8 Å². The topological polar surface area (TPSA) is 77.3 Å². The zero-order valence-corrected chi connectivity index (χ0v) is 68.5. The van der Waals surface area contributed by atoms with Gasteiger partial charge in [-0.15, -0.1) is 0 Å². The van der Waals surface area contributed by atoms with E-state index in [-0.39, 0.29) is 0 Å². The molecule has 0 N–H and O–H groups in total. The van der Waals surface area contributed by atoms with Gasteiger partial charge in [-0.25, -0.2) is 29.9 Å². The van der Waals surface area contributed by atoms with Gasteiger partial charge in [-0.1, -0.05) is 375 Å². The number of aromatic nitrogens is 6. The molecule has 8 heteroatoms. The molecule has 2 aliphatic heterocycles. The molecule has 0 saturated carbocycles. The van der Waals surface area contributed by atoms with Gasteiger partial charge in [-0.2, -0.15) is 0 Å². The van der Waals surface area contributed by atoms with Crippen molar-refractivity contribution >= 4 is 88.7 Å². The van der Waals surface area contributed by atoms with Crippen molar-refractivity contribution in [1.29, 1.82) is 0 Å². The molecule has 0 fully saturated rings. The zero-order valence-electron chi connectivity index (χ0n) is 66.9. The molecular formula is C116H70N6S2. The highest BCUT2D eigenvalue weighted by Gasteiger charge is 2.52. The maximum absolute atomic E-state index is 5.58. The molecule has 7 heterocycles. The molecule has 6 nitrogen and oxygen atoms in total. The first-order chi connectivity index (χ1) is 61.4. The highest BCUT2D eigenvalue weighted by atomic mass is 32.2. The molecule has 26 rings (SSSR count). The maximum Gasteiger partial charge on any atom is 0.160 e. The lowest BCUT2D eigenvalue weighted by Gasteiger charge is -2.40. The van der Waals surface area contributed by atoms with Crippen molar-refractivity contribution in [2.45, 2.75) is 30.4 Å². The Hall–Kier alpha value is -15.3. The van der Waals surface area contributed by atoms with Crippen LogP contribution in [-0.4, -0.2) is 29.9 Å². The van der Waals surface area contributed by atoms with Crippen molar-refractivity contribution in [1.82, 2.24) is 29.9 Å². The standard InChI is InChI=1S/C60H37N3S.C56H33N3S/c1-4-16-39(17-5-1)53-37-54(63-59(62-53)42-20-8-3-9-21-42)40-30-28-38(29-31-40)43-32-33-46-47-36-57-52(35-48(47)58(61-55(46)34-43)41-18-6-2-7-19-41)60(51-26-14-15-27-56(51)64-57)49-24-12-10-22-44(49)45-23-11-13-25-50(45)60;1-2-13-34(14-3-1)48-29-27-35-25-26-36-28-30-49(58-55(36)54(35)57-48)37-15-12-16-38(31-37)53-43-32-47-52(33-42(43)41-19-6-10-23-50(41)59-53)60-51-24-11-9-22-46(51)56(47)44-20-7-4-17-39(44)40-18-5-8-21-45(40)56/h1-37H;1-33H. The Morgan fingerprint density at radius 1 is 0.177 bits per heavy atom. The fourth-order valence-corrected chi connectivity index (χ4v) is 22.7. The van der Waals surface area contributed by atoms with Gasteiger partial charge >= 0.3 is 0 Å². The van der Waals surface area contributed by atoms with Crippen LogP contribution in [0.15, 0.2) is 444 Å². The first-order valence-electron chi connectivity index (χ1n) is 42.2. The van der Waals surface area contributed by atoms with Gasteiger partial charge in [0.25, 0.3) is 0 Å². The molecule has 5 aromatic heterocycles. The Bertz CT molecular complexity index is 8030. The summed E-state index contributed by atoms with van der Waals surface area (Å²) in [5.41, 5.74) is 33.8. The summed E-state index contributed by atoms with van der Waals surface area (Å²) in [4.78, 5) is 36.8. The maximum atomic E-state index is 5.58. The summed E-state index contributed by atoms with van der Waals surface area (Å²) in [5, 5.41) is 9.14. The number of fused-ring (bicyclic) bond motifs is 27. The van der Waals surface area contributed by atoms with E-state index in [2.05, 4.69) is 382 Å². The van der Waals surface area contributed by atoms with Crippen LogP contribution in [0.2, 0.25) is 0 Å². The van der Waals surface area contributed by atoms with E-state index in [9.17, 15) is 0 Å². The van der Waals surface area contributed by atoms with Gasteiger partial charge in [0.2, 0.25) is 0 Å². The van der Waals surface area contributed by atoms with Crippen LogP contribution in [-0.2, 0) is 10.8 Å². The average Bonchev–Trinajstić information content (AvgIpc) is 1.47. The Balaban J connectivity index is 0.000000136. The average molecular weight is 1610 g/mol. The van der Waals surface area contributed by atoms with E-state index >= 15 is 0 Å². The van der Waals surface area contributed by atoms with E-state index in [1.807, 2.05) is 66.0 Å². The second kappa shape index (κ2) is 28.7. The second-order valence-corrected chi connectivity index (χ2v) is 34.7. The lowest BCUT2D eigenvalue weighted by atomic mass is 9.67. The van der Waals surface area contributed by atoms with E-state index in [0.29, 0.717) is 5.82 Å². The van der Waals surface area contributed by atoms with E-state index in [4.69, 9.17) is 29.9 Å². The molecule has 0 bridgehead atoms. The number of hydrogen-bond acceptors (Lipinski definition) is 8. The predicted molar refractivity (Wildman–Crippen MR) is 511 cm³/mol. The molecule has 0 unspecified atom stereocenters. The summed E-state index contributed by atoms with van der Waals surface area (Å²) in [6.45, 7) is 0. The van der Waals surface area contributed by atoms with Gasteiger partial charge < -0.3 is 0 Å². The molecule has 0 atom stereocenters. The van der Waals surface area contributed by atoms with Crippen LogP contribution in [0.5, 0.6) is 0 Å². The van der Waals surface area contributed by atoms with Crippen molar-refractivity contribution in [3.63, 3.8) is 0 Å². The lowest BCUT2D eigenvalue weighted by Crippen LogP contribution is -2.32. The van der Waals surface area contributed by atoms with Crippen LogP contribution in [0.4, 0.5) is 0 Å². The van der Waals surface area contributed by atoms with Gasteiger partial charge in [0.15, 0.2) is 5.82 Å². The minimum atomic E-state index is -0.477. The second-order valence-electron chi connectivity index (χ2n) is 32.5. The van der Waals surface area contributed by atoms with Gasteiger partial charge in [0.1, 0.15) is 0 Å². The Morgan fingerprint density at radius 2 is 0.556 bits per heavy atom. The molecule has 2 aliphatic carbocycles. The fraction of sp³-hybridized carbons (Fsp3) is 0.0172. The molecule has 0 radical (unpaired) electrons. The summed E-state index contributed by atoms with van der Waals surface area (Å²) in [6.07, 6.45) is 0. The minimum Gasteiger partial charge on any atom is -0.247 e. The number of pyridine rings is 4. The number of rotatable bonds is 8. The van der Waals surface area contributed by atoms with Crippen molar-refractivity contribution < 1.29 is 0 Å². The SMILES string of the molecule is c1ccc(-c2cc(-c3ccc(-c4ccc5c(c4)nc(-c4ccccc4)c4cc6c(cc45)Sc4ccccc4C64c5ccccc5-c5ccccc54)cc3)nc(-c3ccccc3)n2)cc1.c1ccc(-c2ccc3ccc4ccc(-c5cccc(-c6nc7ccccc7c7cc8c(cc67)C6(c7ccccc7S8)c7ccccc7-c7ccccc76)c5)nc4c3n2)cc1. The molecule has 22 aromatic rings. The van der Waals surface area contributed by atoms with Crippen LogP contribution >= 0.6 is 23.5 Å². The number of nitrogens with zero attached hydrogens (tertiary/aromatic N) is 6. The molecule has 124 heavy (non-hydrogen) atoms. The fourth-order valence-electron chi connectivity index (χ4n) is 20.3. The Kier molecular flexibility index (Phi) is 16.6. The largest absolute Gasteiger partial charge is 0.247 e. The third kappa shape index (κ3) is 11.2. The summed E-state index contributed by atoms with van der Waals surface area (Å²) in [7, 11) is 0. The van der Waals surface area contributed by atoms with Crippen LogP contribution in [0, 0.1) is 0 Å². The Morgan fingerprint density at radius 3 is 1.09 bits per heavy atom. The van der Waals surface area contributed by atoms with Crippen molar-refractivity contribution in [2.24, 2.45) is 0 Å². The van der Waals surface area contributed by atoms with Gasteiger partial charge in [-0.05, 0) is 161 Å². The van der Waals surface area contributed by atoms with Crippen LogP contribution in [0.25, 0.3) is 177 Å². The Labute approximate surface area is 725 Å². The van der Waals surface area contributed by atoms with Crippen LogP contribution in [0.3, 0.4) is 0 Å². The van der Waals surface area contributed by atoms with E-state index in [1.165, 1.54) is 97.1 Å². The lowest BCUT2D eigenvalue weighted by molar-refractivity contribution is 0.724. The minimum absolute atomic E-state index is 0.463. The summed E-state index contributed by atoms with van der Waals surface area (Å²) >= 11 is 3.77. The number of benzene rings is 17. The van der Waals surface area contributed by atoms with Crippen LogP contribution in [0.1, 0.15) is 44.5 Å². The third-order valence-corrected chi connectivity index (χ3v) is 28.1. The molecule has 576 valence electrons. The predicted octanol–water partition coefficient (Wildman–Crippen LogP) is 29.7. The first kappa shape index (κ1) is 71.6. The zero-order chi connectivity index (χ0) is 81.6. The highest BCUT2D eigenvalue weighted by molar-refractivity contribution is 7.99. The van der Waals surface area contributed by atoms with E-state index < -0.39 is 10.8 Å². The quantitative estimate of drug-likeness (QED) is 0.139. The third-order valence-electron chi connectivity index (χ3n) is 25.8. The molecule has 17 aromatic carbocycles. The summed E-state index contributed by atoms with van der Waals surface area (Å²) in [5.74, 6) is 0.708. The number of para-hydroxylation sites is 1. The van der Waals surface area contributed by atoms with Gasteiger partial charge in [0.05, 0.1) is 67.1 Å². The first-order valence-corrected chi connectivity index (χ1v) is 43.8. The summed E-state index contributed by atoms with van der Waals surface area (Å²) < 4.78 is 0. The normalized spacial score (nSPS) is 13.2. The monoisotopic (exact) mass is 1610 g/mol. The highest BCUT2D eigenvalue weighted by Crippen LogP contribution is 2.65. The van der Waals surface area contributed by atoms with Crippen molar-refractivity contribution in [2.75, 3.05) is 0 Å². The van der Waals surface area contributed by atoms with Crippen molar-refractivity contribution in [3.8, 4) is 112 Å². The smallest absolute Gasteiger partial charge is 0.160 e. The molecule has 0 amide bonds. The van der Waals surface area contributed by atoms with E-state index in [0.717, 1.165) is 139 Å². The summed E-state index contributed by atoms with van der Waals surface area (Å²) in [6, 6.07) is 153. The molecule has 4 aliphatic rings. The number of hydrogen-bond donors (Lipinski definition) is 0.